The number of carbonyl (C=O) groups is 1. The molecule has 132 valence electrons. The van der Waals surface area contributed by atoms with Crippen molar-refractivity contribution in [1.29, 1.82) is 0 Å². The number of halogens is 1. The molecule has 0 radical (unpaired) electrons. The minimum absolute atomic E-state index is 0.0203. The highest BCUT2D eigenvalue weighted by molar-refractivity contribution is 5.93. The fraction of sp³-hybridized carbons (Fsp3) is 0.105. The van der Waals surface area contributed by atoms with Crippen molar-refractivity contribution in [3.05, 3.63) is 81.8 Å². The largest absolute Gasteiger partial charge is 0.501 e. The molecular weight excluding hydrogens is 339 g/mol. The van der Waals surface area contributed by atoms with Crippen molar-refractivity contribution in [1.82, 2.24) is 10.3 Å². The van der Waals surface area contributed by atoms with E-state index in [-0.39, 0.29) is 12.3 Å². The van der Waals surface area contributed by atoms with Crippen LogP contribution in [0.1, 0.15) is 21.9 Å². The van der Waals surface area contributed by atoms with Gasteiger partial charge in [0.25, 0.3) is 5.91 Å². The van der Waals surface area contributed by atoms with Gasteiger partial charge in [-0.2, -0.15) is 0 Å². The number of rotatable bonds is 4. The van der Waals surface area contributed by atoms with Crippen LogP contribution in [-0.4, -0.2) is 16.0 Å². The van der Waals surface area contributed by atoms with E-state index in [4.69, 9.17) is 4.42 Å². The third-order valence-corrected chi connectivity index (χ3v) is 3.62. The molecule has 0 aliphatic carbocycles. The van der Waals surface area contributed by atoms with E-state index in [1.807, 2.05) is 0 Å². The molecule has 0 bridgehead atoms. The summed E-state index contributed by atoms with van der Waals surface area (Å²) >= 11 is 0. The molecule has 2 heterocycles. The van der Waals surface area contributed by atoms with Gasteiger partial charge in [0.1, 0.15) is 11.6 Å². The monoisotopic (exact) mass is 354 g/mol. The van der Waals surface area contributed by atoms with Gasteiger partial charge in [0.05, 0.1) is 5.69 Å². The molecule has 0 saturated heterocycles. The summed E-state index contributed by atoms with van der Waals surface area (Å²) in [7, 11) is 0. The Kier molecular flexibility index (Phi) is 4.79. The first-order valence-electron chi connectivity index (χ1n) is 7.77. The van der Waals surface area contributed by atoms with E-state index in [1.54, 1.807) is 30.5 Å². The summed E-state index contributed by atoms with van der Waals surface area (Å²) in [5.74, 6) is -2.28. The summed E-state index contributed by atoms with van der Waals surface area (Å²) in [6, 6.07) is 10.7. The fourth-order valence-corrected chi connectivity index (χ4v) is 2.45. The third kappa shape index (κ3) is 3.77. The molecule has 7 heteroatoms. The van der Waals surface area contributed by atoms with E-state index >= 15 is 0 Å². The van der Waals surface area contributed by atoms with Gasteiger partial charge >= 0.3 is 0 Å². The average Bonchev–Trinajstić information content (AvgIpc) is 2.63. The molecule has 3 aromatic rings. The predicted octanol–water partition coefficient (Wildman–Crippen LogP) is 2.78. The van der Waals surface area contributed by atoms with Crippen LogP contribution in [0.25, 0.3) is 11.3 Å². The van der Waals surface area contributed by atoms with E-state index in [0.29, 0.717) is 16.8 Å². The molecule has 0 atom stereocenters. The quantitative estimate of drug-likeness (QED) is 0.752. The molecule has 0 unspecified atom stereocenters. The standard InChI is InChI=1S/C19H15FN2O4/c1-11-6-16(23)17(24)18(26-11)19(25)22-10-12-7-13(9-14(20)8-12)15-4-2-3-5-21-15/h2-9,24H,10H2,1H3,(H,22,25). The molecule has 0 fully saturated rings. The summed E-state index contributed by atoms with van der Waals surface area (Å²) in [6.45, 7) is 1.47. The number of nitrogens with zero attached hydrogens (tertiary/aromatic N) is 1. The van der Waals surface area contributed by atoms with Crippen LogP contribution in [0.4, 0.5) is 4.39 Å². The summed E-state index contributed by atoms with van der Waals surface area (Å²) < 4.78 is 19.0. The van der Waals surface area contributed by atoms with Gasteiger partial charge in [0, 0.05) is 24.4 Å². The summed E-state index contributed by atoms with van der Waals surface area (Å²) in [5.41, 5.74) is 0.956. The first-order valence-corrected chi connectivity index (χ1v) is 7.77. The van der Waals surface area contributed by atoms with Gasteiger partial charge in [0.2, 0.25) is 16.9 Å². The predicted molar refractivity (Wildman–Crippen MR) is 92.2 cm³/mol. The second-order valence-electron chi connectivity index (χ2n) is 5.64. The Hall–Kier alpha value is -3.48. The summed E-state index contributed by atoms with van der Waals surface area (Å²) in [4.78, 5) is 27.9. The lowest BCUT2D eigenvalue weighted by Gasteiger charge is -2.08. The molecule has 2 N–H and O–H groups in total. The fourth-order valence-electron chi connectivity index (χ4n) is 2.45. The molecule has 1 aromatic carbocycles. The smallest absolute Gasteiger partial charge is 0.291 e. The number of carbonyl (C=O) groups excluding carboxylic acids is 1. The minimum Gasteiger partial charge on any atom is -0.501 e. The Morgan fingerprint density at radius 3 is 2.81 bits per heavy atom. The van der Waals surface area contributed by atoms with Crippen molar-refractivity contribution in [3.63, 3.8) is 0 Å². The highest BCUT2D eigenvalue weighted by Gasteiger charge is 2.18. The van der Waals surface area contributed by atoms with Crippen molar-refractivity contribution in [2.75, 3.05) is 0 Å². The Bertz CT molecular complexity index is 1020. The molecule has 3 rings (SSSR count). The van der Waals surface area contributed by atoms with Gasteiger partial charge < -0.3 is 14.8 Å². The van der Waals surface area contributed by atoms with Crippen molar-refractivity contribution in [2.45, 2.75) is 13.5 Å². The summed E-state index contributed by atoms with van der Waals surface area (Å²) in [6.07, 6.45) is 1.60. The summed E-state index contributed by atoms with van der Waals surface area (Å²) in [5, 5.41) is 12.2. The van der Waals surface area contributed by atoms with Gasteiger partial charge in [-0.3, -0.25) is 14.6 Å². The Morgan fingerprint density at radius 1 is 1.27 bits per heavy atom. The number of aryl methyl sites for hydroxylation is 1. The zero-order valence-electron chi connectivity index (χ0n) is 13.8. The zero-order chi connectivity index (χ0) is 18.7. The molecule has 0 saturated carbocycles. The van der Waals surface area contributed by atoms with Crippen LogP contribution in [-0.2, 0) is 6.54 Å². The molecular formula is C19H15FN2O4. The van der Waals surface area contributed by atoms with Crippen molar-refractivity contribution >= 4 is 5.91 Å². The average molecular weight is 354 g/mol. The van der Waals surface area contributed by atoms with Crippen LogP contribution < -0.4 is 10.7 Å². The number of hydrogen-bond donors (Lipinski definition) is 2. The number of aromatic nitrogens is 1. The second-order valence-corrected chi connectivity index (χ2v) is 5.64. The molecule has 26 heavy (non-hydrogen) atoms. The van der Waals surface area contributed by atoms with Crippen LogP contribution in [0, 0.1) is 12.7 Å². The minimum atomic E-state index is -0.771. The zero-order valence-corrected chi connectivity index (χ0v) is 13.8. The van der Waals surface area contributed by atoms with E-state index in [9.17, 15) is 19.1 Å². The van der Waals surface area contributed by atoms with Crippen LogP contribution in [0.15, 0.2) is 57.9 Å². The topological polar surface area (TPSA) is 92.4 Å². The van der Waals surface area contributed by atoms with Crippen LogP contribution in [0.3, 0.4) is 0 Å². The number of amides is 1. The molecule has 0 aliphatic rings. The lowest BCUT2D eigenvalue weighted by Crippen LogP contribution is -2.24. The number of pyridine rings is 1. The van der Waals surface area contributed by atoms with Gasteiger partial charge in [0.15, 0.2) is 0 Å². The molecule has 2 aromatic heterocycles. The first-order chi connectivity index (χ1) is 12.4. The van der Waals surface area contributed by atoms with E-state index in [0.717, 1.165) is 6.07 Å². The first kappa shape index (κ1) is 17.3. The number of hydrogen-bond acceptors (Lipinski definition) is 5. The Labute approximate surface area is 147 Å². The molecule has 0 spiro atoms. The molecule has 6 nitrogen and oxygen atoms in total. The van der Waals surface area contributed by atoms with Crippen molar-refractivity contribution < 1.29 is 18.7 Å². The second kappa shape index (κ2) is 7.18. The highest BCUT2D eigenvalue weighted by atomic mass is 19.1. The van der Waals surface area contributed by atoms with Crippen LogP contribution >= 0.6 is 0 Å². The highest BCUT2D eigenvalue weighted by Crippen LogP contribution is 2.20. The van der Waals surface area contributed by atoms with Crippen LogP contribution in [0.5, 0.6) is 5.75 Å². The maximum absolute atomic E-state index is 13.9. The van der Waals surface area contributed by atoms with Gasteiger partial charge in [-0.05, 0) is 42.8 Å². The number of aromatic hydroxyl groups is 1. The van der Waals surface area contributed by atoms with Gasteiger partial charge in [-0.15, -0.1) is 0 Å². The SMILES string of the molecule is Cc1cc(=O)c(O)c(C(=O)NCc2cc(F)cc(-c3ccccn3)c2)o1. The maximum Gasteiger partial charge on any atom is 0.291 e. The van der Waals surface area contributed by atoms with Crippen LogP contribution in [0.2, 0.25) is 0 Å². The molecule has 0 aliphatic heterocycles. The van der Waals surface area contributed by atoms with Gasteiger partial charge in [-0.1, -0.05) is 6.07 Å². The number of benzene rings is 1. The Balaban J connectivity index is 1.81. The van der Waals surface area contributed by atoms with Crippen molar-refractivity contribution in [3.8, 4) is 17.0 Å². The van der Waals surface area contributed by atoms with E-state index < -0.39 is 28.7 Å². The third-order valence-electron chi connectivity index (χ3n) is 3.62. The van der Waals surface area contributed by atoms with E-state index in [2.05, 4.69) is 10.3 Å². The molecule has 1 amide bonds. The van der Waals surface area contributed by atoms with Crippen molar-refractivity contribution in [2.24, 2.45) is 0 Å². The van der Waals surface area contributed by atoms with Gasteiger partial charge in [-0.25, -0.2) is 4.39 Å². The lowest BCUT2D eigenvalue weighted by molar-refractivity contribution is 0.0913. The lowest BCUT2D eigenvalue weighted by atomic mass is 10.1. The normalized spacial score (nSPS) is 10.5. The number of nitrogens with one attached hydrogen (secondary N) is 1. The maximum atomic E-state index is 13.9. The Morgan fingerprint density at radius 2 is 2.08 bits per heavy atom. The van der Waals surface area contributed by atoms with E-state index in [1.165, 1.54) is 19.1 Å².